The summed E-state index contributed by atoms with van der Waals surface area (Å²) in [6, 6.07) is 2.89. The summed E-state index contributed by atoms with van der Waals surface area (Å²) >= 11 is 0. The lowest BCUT2D eigenvalue weighted by Gasteiger charge is -2.02. The number of rotatable bonds is 5. The van der Waals surface area contributed by atoms with Gasteiger partial charge in [-0.05, 0) is 19.1 Å². The van der Waals surface area contributed by atoms with Crippen LogP contribution in [-0.4, -0.2) is 35.9 Å². The van der Waals surface area contributed by atoms with Crippen LogP contribution in [-0.2, 0) is 4.74 Å². The summed E-state index contributed by atoms with van der Waals surface area (Å²) in [6.45, 7) is 1.74. The van der Waals surface area contributed by atoms with Crippen molar-refractivity contribution in [1.82, 2.24) is 4.98 Å². The first-order valence-electron chi connectivity index (χ1n) is 6.04. The molecule has 1 heterocycles. The smallest absolute Gasteiger partial charge is 0.355 e. The lowest BCUT2D eigenvalue weighted by molar-refractivity contribution is -0.383. The number of nitro benzene ring substituents is 1. The van der Waals surface area contributed by atoms with Gasteiger partial charge in [-0.1, -0.05) is 0 Å². The molecule has 2 rings (SSSR count). The number of benzene rings is 1. The monoisotopic (exact) mass is 292 g/mol. The summed E-state index contributed by atoms with van der Waals surface area (Å²) in [7, 11) is 1.29. The van der Waals surface area contributed by atoms with E-state index in [1.807, 2.05) is 0 Å². The average Bonchev–Trinajstić information content (AvgIpc) is 2.84. The van der Waals surface area contributed by atoms with Gasteiger partial charge in [0, 0.05) is 0 Å². The normalized spacial score (nSPS) is 10.4. The second-order valence-electron chi connectivity index (χ2n) is 4.05. The number of nitrogens with one attached hydrogen (secondary N) is 1. The quantitative estimate of drug-likeness (QED) is 0.391. The van der Waals surface area contributed by atoms with E-state index in [0.717, 1.165) is 0 Å². The predicted molar refractivity (Wildman–Crippen MR) is 72.8 cm³/mol. The minimum atomic E-state index is -0.746. The number of ether oxygens (including phenoxy) is 2. The zero-order valence-electron chi connectivity index (χ0n) is 11.3. The van der Waals surface area contributed by atoms with Crippen molar-refractivity contribution in [2.75, 3.05) is 13.7 Å². The Morgan fingerprint density at radius 3 is 2.71 bits per heavy atom. The standard InChI is InChI=1S/C13H12N2O6/c1-3-21-13(17)11-7(6-16)10-8(14-11)4-5-9(20-2)12(10)15(18)19/h4-6,14H,3H2,1-2H3. The van der Waals surface area contributed by atoms with E-state index in [1.54, 1.807) is 6.92 Å². The molecule has 21 heavy (non-hydrogen) atoms. The fourth-order valence-corrected chi connectivity index (χ4v) is 2.10. The summed E-state index contributed by atoms with van der Waals surface area (Å²) < 4.78 is 9.77. The van der Waals surface area contributed by atoms with Gasteiger partial charge in [0.15, 0.2) is 12.0 Å². The highest BCUT2D eigenvalue weighted by molar-refractivity contribution is 6.11. The summed E-state index contributed by atoms with van der Waals surface area (Å²) in [5.74, 6) is -0.742. The third-order valence-corrected chi connectivity index (χ3v) is 2.94. The van der Waals surface area contributed by atoms with Gasteiger partial charge in [0.1, 0.15) is 5.69 Å². The Balaban J connectivity index is 2.83. The van der Waals surface area contributed by atoms with Gasteiger partial charge in [0.25, 0.3) is 0 Å². The highest BCUT2D eigenvalue weighted by Crippen LogP contribution is 2.37. The van der Waals surface area contributed by atoms with Gasteiger partial charge in [-0.3, -0.25) is 14.9 Å². The number of esters is 1. The van der Waals surface area contributed by atoms with E-state index >= 15 is 0 Å². The minimum Gasteiger partial charge on any atom is -0.490 e. The molecule has 2 aromatic rings. The molecule has 0 atom stereocenters. The van der Waals surface area contributed by atoms with Gasteiger partial charge in [-0.15, -0.1) is 0 Å². The highest BCUT2D eigenvalue weighted by Gasteiger charge is 2.28. The van der Waals surface area contributed by atoms with Crippen LogP contribution >= 0.6 is 0 Å². The Hall–Kier alpha value is -2.90. The summed E-state index contributed by atoms with van der Waals surface area (Å²) in [4.78, 5) is 36.4. The summed E-state index contributed by atoms with van der Waals surface area (Å²) in [5.41, 5.74) is -0.316. The van der Waals surface area contributed by atoms with Crippen LogP contribution in [0.3, 0.4) is 0 Å². The van der Waals surface area contributed by atoms with E-state index in [9.17, 15) is 19.7 Å². The molecule has 1 aromatic heterocycles. The Kier molecular flexibility index (Phi) is 3.88. The van der Waals surface area contributed by atoms with Crippen molar-refractivity contribution in [2.45, 2.75) is 6.92 Å². The van der Waals surface area contributed by atoms with E-state index in [-0.39, 0.29) is 40.2 Å². The molecule has 1 aromatic carbocycles. The maximum atomic E-state index is 11.8. The number of methoxy groups -OCH3 is 1. The Morgan fingerprint density at radius 1 is 1.48 bits per heavy atom. The second kappa shape index (κ2) is 5.61. The van der Waals surface area contributed by atoms with Crippen molar-refractivity contribution in [2.24, 2.45) is 0 Å². The van der Waals surface area contributed by atoms with Gasteiger partial charge in [-0.25, -0.2) is 4.79 Å². The van der Waals surface area contributed by atoms with Crippen molar-refractivity contribution >= 4 is 28.8 Å². The zero-order valence-corrected chi connectivity index (χ0v) is 11.3. The van der Waals surface area contributed by atoms with Gasteiger partial charge < -0.3 is 14.5 Å². The molecular formula is C13H12N2O6. The van der Waals surface area contributed by atoms with Crippen LogP contribution in [0.4, 0.5) is 5.69 Å². The van der Waals surface area contributed by atoms with E-state index in [4.69, 9.17) is 9.47 Å². The number of hydrogen-bond donors (Lipinski definition) is 1. The number of carbonyl (C=O) groups is 2. The van der Waals surface area contributed by atoms with Crippen molar-refractivity contribution in [1.29, 1.82) is 0 Å². The van der Waals surface area contributed by atoms with Gasteiger partial charge in [0.2, 0.25) is 0 Å². The molecule has 1 N–H and O–H groups in total. The maximum Gasteiger partial charge on any atom is 0.355 e. The third kappa shape index (κ3) is 2.31. The number of nitrogens with zero attached hydrogens (tertiary/aromatic N) is 1. The molecule has 0 aliphatic carbocycles. The molecule has 0 saturated heterocycles. The molecule has 0 unspecified atom stereocenters. The predicted octanol–water partition coefficient (Wildman–Crippen LogP) is 2.07. The number of H-pyrrole nitrogens is 1. The van der Waals surface area contributed by atoms with Crippen LogP contribution in [0.5, 0.6) is 5.75 Å². The fraction of sp³-hybridized carbons (Fsp3) is 0.231. The SMILES string of the molecule is CCOC(=O)c1[nH]c2ccc(OC)c([N+](=O)[O-])c2c1C=O. The van der Waals surface area contributed by atoms with E-state index in [2.05, 4.69) is 4.98 Å². The second-order valence-corrected chi connectivity index (χ2v) is 4.05. The molecular weight excluding hydrogens is 280 g/mol. The van der Waals surface area contributed by atoms with E-state index in [0.29, 0.717) is 6.29 Å². The van der Waals surface area contributed by atoms with Gasteiger partial charge >= 0.3 is 11.7 Å². The zero-order chi connectivity index (χ0) is 15.6. The molecule has 0 fully saturated rings. The lowest BCUT2D eigenvalue weighted by Crippen LogP contribution is -2.07. The molecule has 0 aliphatic heterocycles. The Bertz CT molecular complexity index is 734. The van der Waals surface area contributed by atoms with Crippen LogP contribution in [0.25, 0.3) is 10.9 Å². The summed E-state index contributed by atoms with van der Waals surface area (Å²) in [6.07, 6.45) is 0.386. The lowest BCUT2D eigenvalue weighted by atomic mass is 10.1. The van der Waals surface area contributed by atoms with Crippen LogP contribution in [0.1, 0.15) is 27.8 Å². The van der Waals surface area contributed by atoms with Crippen molar-refractivity contribution in [3.63, 3.8) is 0 Å². The molecule has 0 bridgehead atoms. The van der Waals surface area contributed by atoms with Crippen molar-refractivity contribution in [3.8, 4) is 5.75 Å². The van der Waals surface area contributed by atoms with Crippen molar-refractivity contribution in [3.05, 3.63) is 33.5 Å². The number of aldehydes is 1. The van der Waals surface area contributed by atoms with E-state index < -0.39 is 10.9 Å². The van der Waals surface area contributed by atoms with Gasteiger partial charge in [-0.2, -0.15) is 0 Å². The maximum absolute atomic E-state index is 11.8. The average molecular weight is 292 g/mol. The highest BCUT2D eigenvalue weighted by atomic mass is 16.6. The molecule has 8 heteroatoms. The molecule has 0 spiro atoms. The number of aromatic amines is 1. The number of hydrogen-bond acceptors (Lipinski definition) is 6. The number of nitro groups is 1. The number of carbonyl (C=O) groups excluding carboxylic acids is 2. The minimum absolute atomic E-state index is 0.00464. The Labute approximate surface area is 118 Å². The molecule has 0 amide bonds. The molecule has 0 saturated carbocycles. The van der Waals surface area contributed by atoms with E-state index in [1.165, 1.54) is 19.2 Å². The van der Waals surface area contributed by atoms with Crippen LogP contribution in [0, 0.1) is 10.1 Å². The van der Waals surface area contributed by atoms with Crippen LogP contribution < -0.4 is 4.74 Å². The van der Waals surface area contributed by atoms with Crippen LogP contribution in [0.15, 0.2) is 12.1 Å². The molecule has 8 nitrogen and oxygen atoms in total. The number of fused-ring (bicyclic) bond motifs is 1. The number of aromatic nitrogens is 1. The first-order chi connectivity index (χ1) is 10.0. The first-order valence-corrected chi connectivity index (χ1v) is 6.04. The van der Waals surface area contributed by atoms with Crippen molar-refractivity contribution < 1.29 is 24.0 Å². The van der Waals surface area contributed by atoms with Gasteiger partial charge in [0.05, 0.1) is 35.1 Å². The third-order valence-electron chi connectivity index (χ3n) is 2.94. The largest absolute Gasteiger partial charge is 0.490 e. The molecule has 110 valence electrons. The molecule has 0 aliphatic rings. The Morgan fingerprint density at radius 2 is 2.19 bits per heavy atom. The van der Waals surface area contributed by atoms with Crippen LogP contribution in [0.2, 0.25) is 0 Å². The molecule has 0 radical (unpaired) electrons. The topological polar surface area (TPSA) is 112 Å². The summed E-state index contributed by atoms with van der Waals surface area (Å²) in [5, 5.41) is 11.3. The fourth-order valence-electron chi connectivity index (χ4n) is 2.10. The first kappa shape index (κ1) is 14.5.